The van der Waals surface area contributed by atoms with Crippen molar-refractivity contribution in [1.82, 2.24) is 4.98 Å². The monoisotopic (exact) mass is 326 g/mol. The third-order valence-corrected chi connectivity index (χ3v) is 4.06. The Labute approximate surface area is 131 Å². The van der Waals surface area contributed by atoms with Crippen LogP contribution in [0.5, 0.6) is 0 Å². The molecule has 104 valence electrons. The summed E-state index contributed by atoms with van der Waals surface area (Å²) in [4.78, 5) is 17.1. The first-order chi connectivity index (χ1) is 9.54. The number of nitrogens with zero attached hydrogens (tertiary/aromatic N) is 1. The third-order valence-electron chi connectivity index (χ3n) is 2.47. The van der Waals surface area contributed by atoms with E-state index in [2.05, 4.69) is 10.3 Å². The van der Waals surface area contributed by atoms with E-state index in [0.29, 0.717) is 15.9 Å². The van der Waals surface area contributed by atoms with Gasteiger partial charge in [0.15, 0.2) is 0 Å². The maximum Gasteiger partial charge on any atom is 0.238 e. The summed E-state index contributed by atoms with van der Waals surface area (Å²) in [5.41, 5.74) is 0. The van der Waals surface area contributed by atoms with Crippen molar-refractivity contribution in [2.24, 2.45) is 0 Å². The van der Waals surface area contributed by atoms with Crippen LogP contribution in [0.3, 0.4) is 0 Å². The second-order valence-corrected chi connectivity index (χ2v) is 6.35. The van der Waals surface area contributed by atoms with Crippen LogP contribution in [-0.2, 0) is 4.79 Å². The summed E-state index contributed by atoms with van der Waals surface area (Å²) in [6, 6.07) is 10.7. The number of carbonyl (C=O) groups is 1. The van der Waals surface area contributed by atoms with Gasteiger partial charge in [-0.2, -0.15) is 0 Å². The Morgan fingerprint density at radius 3 is 2.40 bits per heavy atom. The lowest BCUT2D eigenvalue weighted by atomic mass is 10.4. The molecule has 6 heteroatoms. The Morgan fingerprint density at radius 2 is 1.80 bits per heavy atom. The number of aromatic nitrogens is 1. The number of nitrogens with one attached hydrogen (secondary N) is 1. The summed E-state index contributed by atoms with van der Waals surface area (Å²) in [7, 11) is 0. The first-order valence-corrected chi connectivity index (χ1v) is 7.53. The van der Waals surface area contributed by atoms with Gasteiger partial charge in [0, 0.05) is 16.1 Å². The zero-order valence-corrected chi connectivity index (χ0v) is 13.0. The van der Waals surface area contributed by atoms with Gasteiger partial charge in [0.1, 0.15) is 5.82 Å². The Hall–Kier alpha value is -1.23. The lowest BCUT2D eigenvalue weighted by Crippen LogP contribution is -2.22. The molecule has 0 fully saturated rings. The van der Waals surface area contributed by atoms with Crippen molar-refractivity contribution >= 4 is 46.7 Å². The first-order valence-electron chi connectivity index (χ1n) is 5.89. The van der Waals surface area contributed by atoms with Gasteiger partial charge in [0.05, 0.1) is 10.3 Å². The molecule has 0 aliphatic rings. The molecule has 0 radical (unpaired) electrons. The number of hydrogen-bond acceptors (Lipinski definition) is 3. The SMILES string of the molecule is CC(Sc1ccc(Cl)cc1)C(=O)Nc1ccc(Cl)cn1. The van der Waals surface area contributed by atoms with Crippen LogP contribution in [0.25, 0.3) is 0 Å². The fourth-order valence-electron chi connectivity index (χ4n) is 1.45. The molecule has 1 heterocycles. The minimum atomic E-state index is -0.242. The molecule has 1 unspecified atom stereocenters. The number of anilines is 1. The van der Waals surface area contributed by atoms with Crippen molar-refractivity contribution in [3.63, 3.8) is 0 Å². The van der Waals surface area contributed by atoms with Crippen LogP contribution < -0.4 is 5.32 Å². The lowest BCUT2D eigenvalue weighted by Gasteiger charge is -2.11. The fourth-order valence-corrected chi connectivity index (χ4v) is 2.55. The number of carbonyl (C=O) groups excluding carboxylic acids is 1. The van der Waals surface area contributed by atoms with Crippen LogP contribution in [0.4, 0.5) is 5.82 Å². The van der Waals surface area contributed by atoms with E-state index in [1.165, 1.54) is 18.0 Å². The van der Waals surface area contributed by atoms with E-state index < -0.39 is 0 Å². The molecule has 2 rings (SSSR count). The van der Waals surface area contributed by atoms with E-state index in [4.69, 9.17) is 23.2 Å². The summed E-state index contributed by atoms with van der Waals surface area (Å²) in [6.45, 7) is 1.84. The largest absolute Gasteiger partial charge is 0.310 e. The van der Waals surface area contributed by atoms with Crippen LogP contribution in [0, 0.1) is 0 Å². The Balaban J connectivity index is 1.94. The zero-order chi connectivity index (χ0) is 14.5. The van der Waals surface area contributed by atoms with Gasteiger partial charge in [-0.1, -0.05) is 23.2 Å². The molecule has 0 bridgehead atoms. The normalized spacial score (nSPS) is 11.9. The molecule has 0 aliphatic carbocycles. The molecule has 1 aromatic heterocycles. The van der Waals surface area contributed by atoms with Gasteiger partial charge in [-0.05, 0) is 43.3 Å². The number of thioether (sulfide) groups is 1. The Bertz CT molecular complexity index is 587. The van der Waals surface area contributed by atoms with Crippen LogP contribution in [0.2, 0.25) is 10.0 Å². The first kappa shape index (κ1) is 15.2. The van der Waals surface area contributed by atoms with Gasteiger partial charge in [-0.25, -0.2) is 4.98 Å². The van der Waals surface area contributed by atoms with E-state index in [0.717, 1.165) is 4.90 Å². The molecule has 3 nitrogen and oxygen atoms in total. The molecular weight excluding hydrogens is 315 g/mol. The highest BCUT2D eigenvalue weighted by atomic mass is 35.5. The minimum absolute atomic E-state index is 0.111. The average Bonchev–Trinajstić information content (AvgIpc) is 2.44. The smallest absolute Gasteiger partial charge is 0.238 e. The summed E-state index contributed by atoms with van der Waals surface area (Å²) in [5, 5.41) is 3.71. The van der Waals surface area contributed by atoms with Gasteiger partial charge >= 0.3 is 0 Å². The van der Waals surface area contributed by atoms with Crippen molar-refractivity contribution in [2.75, 3.05) is 5.32 Å². The van der Waals surface area contributed by atoms with Gasteiger partial charge < -0.3 is 5.32 Å². The predicted octanol–water partition coefficient (Wildman–Crippen LogP) is 4.51. The minimum Gasteiger partial charge on any atom is -0.310 e. The van der Waals surface area contributed by atoms with E-state index in [9.17, 15) is 4.79 Å². The molecule has 1 amide bonds. The zero-order valence-electron chi connectivity index (χ0n) is 10.6. The van der Waals surface area contributed by atoms with Crippen molar-refractivity contribution in [3.05, 3.63) is 52.6 Å². The fraction of sp³-hybridized carbons (Fsp3) is 0.143. The summed E-state index contributed by atoms with van der Waals surface area (Å²) < 4.78 is 0. The lowest BCUT2D eigenvalue weighted by molar-refractivity contribution is -0.115. The maximum atomic E-state index is 12.0. The average molecular weight is 327 g/mol. The molecular formula is C14H12Cl2N2OS. The molecule has 20 heavy (non-hydrogen) atoms. The molecule has 1 aromatic carbocycles. The number of hydrogen-bond donors (Lipinski definition) is 1. The van der Waals surface area contributed by atoms with E-state index in [-0.39, 0.29) is 11.2 Å². The molecule has 0 spiro atoms. The summed E-state index contributed by atoms with van der Waals surface area (Å²) in [5.74, 6) is 0.378. The molecule has 0 saturated heterocycles. The molecule has 2 aromatic rings. The van der Waals surface area contributed by atoms with Crippen LogP contribution in [-0.4, -0.2) is 16.1 Å². The van der Waals surface area contributed by atoms with Crippen LogP contribution in [0.15, 0.2) is 47.5 Å². The highest BCUT2D eigenvalue weighted by molar-refractivity contribution is 8.00. The quantitative estimate of drug-likeness (QED) is 0.840. The van der Waals surface area contributed by atoms with Crippen molar-refractivity contribution < 1.29 is 4.79 Å². The number of pyridine rings is 1. The highest BCUT2D eigenvalue weighted by Gasteiger charge is 2.14. The van der Waals surface area contributed by atoms with Gasteiger partial charge in [0.25, 0.3) is 0 Å². The van der Waals surface area contributed by atoms with E-state index in [1.54, 1.807) is 24.3 Å². The van der Waals surface area contributed by atoms with Gasteiger partial charge in [0.2, 0.25) is 5.91 Å². The van der Waals surface area contributed by atoms with E-state index >= 15 is 0 Å². The Morgan fingerprint density at radius 1 is 1.15 bits per heavy atom. The van der Waals surface area contributed by atoms with Crippen molar-refractivity contribution in [1.29, 1.82) is 0 Å². The third kappa shape index (κ3) is 4.40. The standard InChI is InChI=1S/C14H12Cl2N2OS/c1-9(20-12-5-2-10(15)3-6-12)14(19)18-13-7-4-11(16)8-17-13/h2-9H,1H3,(H,17,18,19). The molecule has 0 saturated carbocycles. The Kier molecular flexibility index (Phi) is 5.29. The second-order valence-electron chi connectivity index (χ2n) is 4.06. The molecule has 0 aliphatic heterocycles. The number of halogens is 2. The second kappa shape index (κ2) is 6.97. The molecule has 1 N–H and O–H groups in total. The number of benzene rings is 1. The van der Waals surface area contributed by atoms with E-state index in [1.807, 2.05) is 19.1 Å². The molecule has 1 atom stereocenters. The predicted molar refractivity (Wildman–Crippen MR) is 84.6 cm³/mol. The van der Waals surface area contributed by atoms with Crippen molar-refractivity contribution in [3.8, 4) is 0 Å². The number of amides is 1. The topological polar surface area (TPSA) is 42.0 Å². The van der Waals surface area contributed by atoms with Crippen molar-refractivity contribution in [2.45, 2.75) is 17.1 Å². The number of rotatable bonds is 4. The summed E-state index contributed by atoms with van der Waals surface area (Å²) >= 11 is 13.0. The highest BCUT2D eigenvalue weighted by Crippen LogP contribution is 2.25. The van der Waals surface area contributed by atoms with Crippen LogP contribution in [0.1, 0.15) is 6.92 Å². The van der Waals surface area contributed by atoms with Gasteiger partial charge in [-0.15, -0.1) is 11.8 Å². The van der Waals surface area contributed by atoms with Crippen LogP contribution >= 0.6 is 35.0 Å². The summed E-state index contributed by atoms with van der Waals surface area (Å²) in [6.07, 6.45) is 1.49. The maximum absolute atomic E-state index is 12.0. The van der Waals surface area contributed by atoms with Gasteiger partial charge in [-0.3, -0.25) is 4.79 Å².